The molecule has 0 aliphatic carbocycles. The number of hydrogen-bond donors (Lipinski definition) is 2. The van der Waals surface area contributed by atoms with Gasteiger partial charge in [0.05, 0.1) is 22.2 Å². The van der Waals surface area contributed by atoms with Crippen LogP contribution >= 0.6 is 11.6 Å². The van der Waals surface area contributed by atoms with E-state index in [1.807, 2.05) is 13.8 Å². The van der Waals surface area contributed by atoms with E-state index in [4.69, 9.17) is 11.6 Å². The Kier molecular flexibility index (Phi) is 5.99. The van der Waals surface area contributed by atoms with Gasteiger partial charge in [0.2, 0.25) is 15.9 Å². The molecule has 24 heavy (non-hydrogen) atoms. The predicted octanol–water partition coefficient (Wildman–Crippen LogP) is 3.38. The third-order valence-electron chi connectivity index (χ3n) is 3.43. The maximum atomic E-state index is 12.2. The van der Waals surface area contributed by atoms with Crippen LogP contribution in [-0.4, -0.2) is 20.9 Å². The Hall–Kier alpha value is -1.89. The summed E-state index contributed by atoms with van der Waals surface area (Å²) in [6.45, 7) is 3.68. The Balaban J connectivity index is 1.99. The molecule has 0 aromatic heterocycles. The number of carbonyl (C=O) groups excluding carboxylic acids is 1. The van der Waals surface area contributed by atoms with Crippen molar-refractivity contribution in [1.29, 1.82) is 0 Å². The molecule has 0 unspecified atom stereocenters. The van der Waals surface area contributed by atoms with Crippen LogP contribution in [0.25, 0.3) is 0 Å². The van der Waals surface area contributed by atoms with Gasteiger partial charge >= 0.3 is 0 Å². The second kappa shape index (κ2) is 7.79. The van der Waals surface area contributed by atoms with Gasteiger partial charge in [0.1, 0.15) is 0 Å². The summed E-state index contributed by atoms with van der Waals surface area (Å²) in [6.07, 6.45) is 0. The highest BCUT2D eigenvalue weighted by Gasteiger charge is 2.16. The standard InChI is InChI=1S/C17H19ClN2O3S/c1-12(2)13-7-9-14(10-8-13)24(22,23)19-11-17(21)20-16-6-4-3-5-15(16)18/h3-10,12,19H,11H2,1-2H3,(H,20,21). The lowest BCUT2D eigenvalue weighted by Gasteiger charge is -2.10. The number of rotatable bonds is 6. The molecule has 0 fully saturated rings. The summed E-state index contributed by atoms with van der Waals surface area (Å²) in [4.78, 5) is 12.0. The van der Waals surface area contributed by atoms with Gasteiger partial charge in [0, 0.05) is 0 Å². The summed E-state index contributed by atoms with van der Waals surface area (Å²) in [7, 11) is -3.74. The van der Waals surface area contributed by atoms with Gasteiger partial charge in [-0.25, -0.2) is 13.1 Å². The predicted molar refractivity (Wildman–Crippen MR) is 95.8 cm³/mol. The molecule has 5 nitrogen and oxygen atoms in total. The zero-order valence-corrected chi connectivity index (χ0v) is 15.0. The zero-order chi connectivity index (χ0) is 17.7. The number of hydrogen-bond acceptors (Lipinski definition) is 3. The molecule has 0 heterocycles. The molecule has 7 heteroatoms. The van der Waals surface area contributed by atoms with Crippen molar-refractivity contribution < 1.29 is 13.2 Å². The van der Waals surface area contributed by atoms with Crippen LogP contribution in [0.5, 0.6) is 0 Å². The normalized spacial score (nSPS) is 11.5. The summed E-state index contributed by atoms with van der Waals surface area (Å²) in [5, 5.41) is 2.95. The molecular weight excluding hydrogens is 348 g/mol. The fraction of sp³-hybridized carbons (Fsp3) is 0.235. The summed E-state index contributed by atoms with van der Waals surface area (Å²) in [5.74, 6) is -0.179. The second-order valence-electron chi connectivity index (χ2n) is 5.58. The van der Waals surface area contributed by atoms with Gasteiger partial charge in [-0.2, -0.15) is 0 Å². The van der Waals surface area contributed by atoms with E-state index in [1.54, 1.807) is 36.4 Å². The van der Waals surface area contributed by atoms with E-state index < -0.39 is 15.9 Å². The lowest BCUT2D eigenvalue weighted by molar-refractivity contribution is -0.115. The first kappa shape index (κ1) is 18.4. The largest absolute Gasteiger partial charge is 0.324 e. The number of carbonyl (C=O) groups is 1. The summed E-state index contributed by atoms with van der Waals surface area (Å²) in [5.41, 5.74) is 1.48. The fourth-order valence-corrected chi connectivity index (χ4v) is 3.20. The van der Waals surface area contributed by atoms with E-state index in [9.17, 15) is 13.2 Å². The third kappa shape index (κ3) is 4.80. The highest BCUT2D eigenvalue weighted by atomic mass is 35.5. The van der Waals surface area contributed by atoms with Crippen molar-refractivity contribution in [3.8, 4) is 0 Å². The van der Waals surface area contributed by atoms with Crippen LogP contribution in [0.4, 0.5) is 5.69 Å². The number of nitrogens with one attached hydrogen (secondary N) is 2. The van der Waals surface area contributed by atoms with Crippen molar-refractivity contribution in [2.45, 2.75) is 24.7 Å². The molecule has 0 saturated carbocycles. The molecule has 0 aliphatic heterocycles. The Morgan fingerprint density at radius 1 is 1.08 bits per heavy atom. The van der Waals surface area contributed by atoms with E-state index in [0.717, 1.165) is 5.56 Å². The molecule has 0 aliphatic rings. The Morgan fingerprint density at radius 3 is 2.29 bits per heavy atom. The van der Waals surface area contributed by atoms with Crippen LogP contribution in [0.3, 0.4) is 0 Å². The van der Waals surface area contributed by atoms with Gasteiger partial charge in [0.25, 0.3) is 0 Å². The van der Waals surface area contributed by atoms with Crippen molar-refractivity contribution >= 4 is 33.2 Å². The topological polar surface area (TPSA) is 75.3 Å². The van der Waals surface area contributed by atoms with Crippen LogP contribution < -0.4 is 10.0 Å². The molecule has 0 spiro atoms. The van der Waals surface area contributed by atoms with Crippen LogP contribution in [0.1, 0.15) is 25.3 Å². The molecule has 1 amide bonds. The summed E-state index contributed by atoms with van der Waals surface area (Å²) >= 11 is 5.94. The first-order chi connectivity index (χ1) is 11.3. The fourth-order valence-electron chi connectivity index (χ4n) is 2.03. The minimum absolute atomic E-state index is 0.123. The Bertz CT molecular complexity index is 818. The number of halogens is 1. The van der Waals surface area contributed by atoms with E-state index in [1.165, 1.54) is 12.1 Å². The van der Waals surface area contributed by atoms with Crippen molar-refractivity contribution in [2.75, 3.05) is 11.9 Å². The minimum Gasteiger partial charge on any atom is -0.324 e. The number of anilines is 1. The molecule has 2 N–H and O–H groups in total. The highest BCUT2D eigenvalue weighted by molar-refractivity contribution is 7.89. The number of amides is 1. The molecule has 0 saturated heterocycles. The van der Waals surface area contributed by atoms with Gasteiger partial charge in [-0.1, -0.05) is 49.7 Å². The van der Waals surface area contributed by atoms with Crippen LogP contribution in [-0.2, 0) is 14.8 Å². The van der Waals surface area contributed by atoms with Gasteiger partial charge in [-0.15, -0.1) is 0 Å². The van der Waals surface area contributed by atoms with E-state index in [-0.39, 0.29) is 11.4 Å². The maximum absolute atomic E-state index is 12.2. The van der Waals surface area contributed by atoms with Crippen LogP contribution in [0, 0.1) is 0 Å². The third-order valence-corrected chi connectivity index (χ3v) is 5.17. The molecule has 128 valence electrons. The van der Waals surface area contributed by atoms with Gasteiger partial charge in [0.15, 0.2) is 0 Å². The molecule has 0 bridgehead atoms. The highest BCUT2D eigenvalue weighted by Crippen LogP contribution is 2.20. The lowest BCUT2D eigenvalue weighted by Crippen LogP contribution is -2.33. The molecule has 0 radical (unpaired) electrons. The number of sulfonamides is 1. The minimum atomic E-state index is -3.74. The average molecular weight is 367 g/mol. The van der Waals surface area contributed by atoms with Crippen LogP contribution in [0.15, 0.2) is 53.4 Å². The van der Waals surface area contributed by atoms with Gasteiger partial charge < -0.3 is 5.32 Å². The monoisotopic (exact) mass is 366 g/mol. The Labute approximate surface area is 147 Å². The van der Waals surface area contributed by atoms with Crippen LogP contribution in [0.2, 0.25) is 5.02 Å². The smallest absolute Gasteiger partial charge is 0.241 e. The maximum Gasteiger partial charge on any atom is 0.241 e. The van der Waals surface area contributed by atoms with E-state index >= 15 is 0 Å². The molecule has 2 aromatic carbocycles. The van der Waals surface area contributed by atoms with Gasteiger partial charge in [-0.3, -0.25) is 4.79 Å². The van der Waals surface area contributed by atoms with Crippen molar-refractivity contribution in [1.82, 2.24) is 4.72 Å². The quantitative estimate of drug-likeness (QED) is 0.822. The second-order valence-corrected chi connectivity index (χ2v) is 7.75. The average Bonchev–Trinajstić information content (AvgIpc) is 2.55. The van der Waals surface area contributed by atoms with E-state index in [0.29, 0.717) is 16.6 Å². The molecule has 2 aromatic rings. The van der Waals surface area contributed by atoms with Crippen molar-refractivity contribution in [3.63, 3.8) is 0 Å². The van der Waals surface area contributed by atoms with Crippen molar-refractivity contribution in [2.24, 2.45) is 0 Å². The van der Waals surface area contributed by atoms with E-state index in [2.05, 4.69) is 10.0 Å². The van der Waals surface area contributed by atoms with Gasteiger partial charge in [-0.05, 0) is 35.7 Å². The molecular formula is C17H19ClN2O3S. The number of para-hydroxylation sites is 1. The molecule has 2 rings (SSSR count). The lowest BCUT2D eigenvalue weighted by atomic mass is 10.0. The number of benzene rings is 2. The summed E-state index contributed by atoms with van der Waals surface area (Å²) in [6, 6.07) is 13.3. The summed E-state index contributed by atoms with van der Waals surface area (Å²) < 4.78 is 26.7. The first-order valence-electron chi connectivity index (χ1n) is 7.43. The molecule has 0 atom stereocenters. The Morgan fingerprint density at radius 2 is 1.71 bits per heavy atom. The first-order valence-corrected chi connectivity index (χ1v) is 9.30. The SMILES string of the molecule is CC(C)c1ccc(S(=O)(=O)NCC(=O)Nc2ccccc2Cl)cc1. The van der Waals surface area contributed by atoms with Crippen molar-refractivity contribution in [3.05, 3.63) is 59.1 Å². The zero-order valence-electron chi connectivity index (χ0n) is 13.4.